The number of benzene rings is 3. The summed E-state index contributed by atoms with van der Waals surface area (Å²) in [7, 11) is 0. The highest BCUT2D eigenvalue weighted by molar-refractivity contribution is 7.15. The molecular formula is C31H27F3N2O4S. The summed E-state index contributed by atoms with van der Waals surface area (Å²) in [5.74, 6) is -1.84. The number of aromatic nitrogens is 1. The van der Waals surface area contributed by atoms with Crippen LogP contribution in [0.4, 0.5) is 13.2 Å². The van der Waals surface area contributed by atoms with Crippen LogP contribution in [-0.4, -0.2) is 40.7 Å². The van der Waals surface area contributed by atoms with Crippen LogP contribution in [0, 0.1) is 6.92 Å². The maximum Gasteiger partial charge on any atom is 0.431 e. The molecule has 1 atom stereocenters. The molecule has 10 heteroatoms. The third-order valence-corrected chi connectivity index (χ3v) is 7.21. The number of carboxylic acids is 1. The fourth-order valence-electron chi connectivity index (χ4n) is 4.00. The molecule has 1 aromatic heterocycles. The molecule has 0 amide bonds. The standard InChI is InChI=1S/C31H27F3N2O4S/c1-20-25(36-29(41-20)23-10-6-3-7-11-23)16-17-40-24-14-12-21(13-15-24)18-26(30(38)39)35-28(31(32,33)34)19-27(37)22-8-4-2-5-9-22/h2-15,19,26,35H,16-18H2,1H3,(H,38,39)/b28-19-/t26-/m0/s1. The Morgan fingerprint density at radius 3 is 2.24 bits per heavy atom. The van der Waals surface area contributed by atoms with Gasteiger partial charge in [0, 0.05) is 34.9 Å². The molecule has 41 heavy (non-hydrogen) atoms. The lowest BCUT2D eigenvalue weighted by atomic mass is 10.0. The second kappa shape index (κ2) is 13.3. The van der Waals surface area contributed by atoms with Crippen molar-refractivity contribution in [2.75, 3.05) is 6.61 Å². The van der Waals surface area contributed by atoms with Gasteiger partial charge in [-0.15, -0.1) is 11.3 Å². The van der Waals surface area contributed by atoms with Crippen LogP contribution >= 0.6 is 11.3 Å². The zero-order chi connectivity index (χ0) is 29.4. The van der Waals surface area contributed by atoms with E-state index < -0.39 is 29.7 Å². The number of carbonyl (C=O) groups excluding carboxylic acids is 1. The number of hydrogen-bond donors (Lipinski definition) is 2. The summed E-state index contributed by atoms with van der Waals surface area (Å²) in [4.78, 5) is 30.0. The quantitative estimate of drug-likeness (QED) is 0.144. The first-order valence-corrected chi connectivity index (χ1v) is 13.5. The van der Waals surface area contributed by atoms with E-state index in [9.17, 15) is 27.9 Å². The Balaban J connectivity index is 1.36. The molecule has 0 aliphatic carbocycles. The van der Waals surface area contributed by atoms with E-state index in [2.05, 4.69) is 0 Å². The van der Waals surface area contributed by atoms with Gasteiger partial charge in [0.2, 0.25) is 0 Å². The molecular weight excluding hydrogens is 553 g/mol. The van der Waals surface area contributed by atoms with Crippen molar-refractivity contribution >= 4 is 23.1 Å². The Morgan fingerprint density at radius 2 is 1.63 bits per heavy atom. The lowest BCUT2D eigenvalue weighted by Gasteiger charge is -2.20. The number of alkyl halides is 3. The second-order valence-corrected chi connectivity index (χ2v) is 10.4. The molecule has 0 saturated carbocycles. The largest absolute Gasteiger partial charge is 0.493 e. The van der Waals surface area contributed by atoms with Gasteiger partial charge in [-0.1, -0.05) is 72.8 Å². The van der Waals surface area contributed by atoms with E-state index in [1.165, 1.54) is 24.3 Å². The van der Waals surface area contributed by atoms with Gasteiger partial charge in [0.25, 0.3) is 0 Å². The van der Waals surface area contributed by atoms with Crippen LogP contribution in [0.15, 0.2) is 96.7 Å². The fraction of sp³-hybridized carbons (Fsp3) is 0.194. The van der Waals surface area contributed by atoms with Gasteiger partial charge < -0.3 is 15.2 Å². The first-order valence-electron chi connectivity index (χ1n) is 12.7. The van der Waals surface area contributed by atoms with E-state index in [4.69, 9.17) is 9.72 Å². The van der Waals surface area contributed by atoms with E-state index in [-0.39, 0.29) is 12.0 Å². The van der Waals surface area contributed by atoms with Crippen molar-refractivity contribution in [2.24, 2.45) is 0 Å². The SMILES string of the molecule is Cc1sc(-c2ccccc2)nc1CCOc1ccc(C[C@H](N/C(=C\C(=O)c2ccccc2)C(F)(F)F)C(=O)O)cc1. The molecule has 4 aromatic rings. The van der Waals surface area contributed by atoms with Crippen LogP contribution in [0.3, 0.4) is 0 Å². The number of hydrogen-bond acceptors (Lipinski definition) is 6. The molecule has 0 saturated heterocycles. The van der Waals surface area contributed by atoms with Crippen molar-refractivity contribution in [1.29, 1.82) is 0 Å². The number of allylic oxidation sites excluding steroid dienone is 2. The van der Waals surface area contributed by atoms with Crippen LogP contribution in [-0.2, 0) is 17.6 Å². The van der Waals surface area contributed by atoms with E-state index in [1.54, 1.807) is 41.7 Å². The summed E-state index contributed by atoms with van der Waals surface area (Å²) >= 11 is 1.62. The molecule has 0 radical (unpaired) electrons. The minimum Gasteiger partial charge on any atom is -0.493 e. The van der Waals surface area contributed by atoms with Crippen LogP contribution in [0.2, 0.25) is 0 Å². The van der Waals surface area contributed by atoms with Gasteiger partial charge in [-0.2, -0.15) is 13.2 Å². The number of thiazole rings is 1. The van der Waals surface area contributed by atoms with E-state index >= 15 is 0 Å². The van der Waals surface area contributed by atoms with E-state index in [0.717, 1.165) is 21.1 Å². The normalized spacial score (nSPS) is 12.5. The maximum atomic E-state index is 13.7. The van der Waals surface area contributed by atoms with Gasteiger partial charge in [0.05, 0.1) is 12.3 Å². The predicted molar refractivity (Wildman–Crippen MR) is 151 cm³/mol. The zero-order valence-electron chi connectivity index (χ0n) is 22.0. The van der Waals surface area contributed by atoms with Gasteiger partial charge in [0.15, 0.2) is 5.78 Å². The molecule has 4 rings (SSSR count). The van der Waals surface area contributed by atoms with Crippen LogP contribution in [0.5, 0.6) is 5.75 Å². The Hall–Kier alpha value is -4.44. The Bertz CT molecular complexity index is 1500. The lowest BCUT2D eigenvalue weighted by Crippen LogP contribution is -2.42. The van der Waals surface area contributed by atoms with Gasteiger partial charge in [-0.3, -0.25) is 4.79 Å². The summed E-state index contributed by atoms with van der Waals surface area (Å²) in [5.41, 5.74) is 1.11. The van der Waals surface area contributed by atoms with Crippen LogP contribution < -0.4 is 10.1 Å². The predicted octanol–water partition coefficient (Wildman–Crippen LogP) is 6.65. The van der Waals surface area contributed by atoms with Gasteiger partial charge in [0.1, 0.15) is 22.5 Å². The van der Waals surface area contributed by atoms with Crippen molar-refractivity contribution in [3.63, 3.8) is 0 Å². The van der Waals surface area contributed by atoms with E-state index in [0.29, 0.717) is 30.4 Å². The number of nitrogens with one attached hydrogen (secondary N) is 1. The number of nitrogens with zero attached hydrogens (tertiary/aromatic N) is 1. The Morgan fingerprint density at radius 1 is 1.00 bits per heavy atom. The highest BCUT2D eigenvalue weighted by Crippen LogP contribution is 2.28. The molecule has 2 N–H and O–H groups in total. The second-order valence-electron chi connectivity index (χ2n) is 9.16. The number of carbonyl (C=O) groups is 2. The van der Waals surface area contributed by atoms with Crippen LogP contribution in [0.1, 0.15) is 26.5 Å². The number of aliphatic carboxylic acids is 1. The third-order valence-electron chi connectivity index (χ3n) is 6.15. The van der Waals surface area contributed by atoms with Crippen molar-refractivity contribution < 1.29 is 32.6 Å². The number of ether oxygens (including phenoxy) is 1. The molecule has 0 fully saturated rings. The third kappa shape index (κ3) is 8.28. The molecule has 0 aliphatic rings. The number of ketones is 1. The molecule has 0 spiro atoms. The monoisotopic (exact) mass is 580 g/mol. The highest BCUT2D eigenvalue weighted by atomic mass is 32.1. The molecule has 0 unspecified atom stereocenters. The average molecular weight is 581 g/mol. The smallest absolute Gasteiger partial charge is 0.431 e. The highest BCUT2D eigenvalue weighted by Gasteiger charge is 2.37. The topological polar surface area (TPSA) is 88.5 Å². The fourth-order valence-corrected chi connectivity index (χ4v) is 4.96. The molecule has 3 aromatic carbocycles. The molecule has 6 nitrogen and oxygen atoms in total. The van der Waals surface area contributed by atoms with Crippen molar-refractivity contribution in [1.82, 2.24) is 10.3 Å². The minimum atomic E-state index is -4.95. The van der Waals surface area contributed by atoms with Crippen molar-refractivity contribution in [3.8, 4) is 16.3 Å². The average Bonchev–Trinajstić information content (AvgIpc) is 3.33. The summed E-state index contributed by atoms with van der Waals surface area (Å²) < 4.78 is 46.8. The van der Waals surface area contributed by atoms with Crippen LogP contribution in [0.25, 0.3) is 10.6 Å². The number of carboxylic acid groups (broad SMARTS) is 1. The first-order chi connectivity index (χ1) is 19.6. The maximum absolute atomic E-state index is 13.7. The van der Waals surface area contributed by atoms with Crippen molar-refractivity contribution in [2.45, 2.75) is 32.0 Å². The summed E-state index contributed by atoms with van der Waals surface area (Å²) in [6.07, 6.45) is -4.22. The number of aryl methyl sites for hydroxylation is 1. The Labute approximate surface area is 239 Å². The zero-order valence-corrected chi connectivity index (χ0v) is 22.8. The van der Waals surface area contributed by atoms with Gasteiger partial charge in [-0.25, -0.2) is 9.78 Å². The molecule has 1 heterocycles. The van der Waals surface area contributed by atoms with Crippen molar-refractivity contribution in [3.05, 3.63) is 118 Å². The van der Waals surface area contributed by atoms with Gasteiger partial charge in [-0.05, 0) is 24.6 Å². The molecule has 212 valence electrons. The number of halogens is 3. The Kier molecular flexibility index (Phi) is 9.57. The summed E-state index contributed by atoms with van der Waals surface area (Å²) in [6, 6.07) is 22.2. The first kappa shape index (κ1) is 29.5. The minimum absolute atomic E-state index is 0.0556. The summed E-state index contributed by atoms with van der Waals surface area (Å²) in [6.45, 7) is 2.38. The van der Waals surface area contributed by atoms with E-state index in [1.807, 2.05) is 42.6 Å². The van der Waals surface area contributed by atoms with Gasteiger partial charge >= 0.3 is 12.1 Å². The number of rotatable bonds is 12. The molecule has 0 aliphatic heterocycles. The summed E-state index contributed by atoms with van der Waals surface area (Å²) in [5, 5.41) is 12.6. The molecule has 0 bridgehead atoms. The lowest BCUT2D eigenvalue weighted by molar-refractivity contribution is -0.140.